The van der Waals surface area contributed by atoms with Gasteiger partial charge in [0.1, 0.15) is 11.6 Å². The number of aromatic amines is 1. The predicted molar refractivity (Wildman–Crippen MR) is 65.4 cm³/mol. The molecular weight excluding hydrogens is 246 g/mol. The van der Waals surface area contributed by atoms with Gasteiger partial charge in [0.25, 0.3) is 0 Å². The molecule has 0 radical (unpaired) electrons. The molecule has 0 fully saturated rings. The zero-order chi connectivity index (χ0) is 13.1. The fourth-order valence-corrected chi connectivity index (χ4v) is 1.53. The third-order valence-corrected chi connectivity index (χ3v) is 2.45. The Balaban J connectivity index is 1.86. The van der Waals surface area contributed by atoms with Gasteiger partial charge in [-0.25, -0.2) is 0 Å². The lowest BCUT2D eigenvalue weighted by molar-refractivity contribution is 0.456. The second-order valence-corrected chi connectivity index (χ2v) is 3.63. The number of aromatic nitrogens is 5. The molecule has 0 bridgehead atoms. The molecule has 3 rings (SSSR count). The lowest BCUT2D eigenvalue weighted by atomic mass is 10.2. The monoisotopic (exact) mass is 253 g/mol. The Hall–Kier alpha value is -3.21. The van der Waals surface area contributed by atoms with Crippen LogP contribution in [0.2, 0.25) is 0 Å². The molecule has 2 aromatic heterocycles. The van der Waals surface area contributed by atoms with Crippen molar-refractivity contribution < 1.29 is 4.52 Å². The fraction of sp³-hybridized carbons (Fsp3) is 0. The van der Waals surface area contributed by atoms with E-state index in [0.29, 0.717) is 5.58 Å². The summed E-state index contributed by atoms with van der Waals surface area (Å²) in [6.07, 6.45) is 3.14. The van der Waals surface area contributed by atoms with Gasteiger partial charge in [-0.3, -0.25) is 0 Å². The topological polar surface area (TPSA) is 116 Å². The molecule has 1 aromatic carbocycles. The Labute approximate surface area is 106 Å². The summed E-state index contributed by atoms with van der Waals surface area (Å²) >= 11 is 0. The Morgan fingerprint density at radius 3 is 3.21 bits per heavy atom. The van der Waals surface area contributed by atoms with Crippen molar-refractivity contribution >= 4 is 22.2 Å². The molecule has 2 N–H and O–H groups in total. The molecule has 8 heteroatoms. The van der Waals surface area contributed by atoms with Crippen LogP contribution in [0.25, 0.3) is 16.5 Å². The molecule has 8 nitrogen and oxygen atoms in total. The number of nitrogens with zero attached hydrogens (tertiary/aromatic N) is 5. The number of tetrazole rings is 1. The van der Waals surface area contributed by atoms with Gasteiger partial charge in [-0.1, -0.05) is 5.16 Å². The number of allylic oxidation sites excluding steroid dienone is 1. The van der Waals surface area contributed by atoms with Gasteiger partial charge in [0.05, 0.1) is 6.20 Å². The number of nitriles is 1. The summed E-state index contributed by atoms with van der Waals surface area (Å²) in [4.78, 5) is 0. The fourth-order valence-electron chi connectivity index (χ4n) is 1.53. The van der Waals surface area contributed by atoms with Crippen molar-refractivity contribution in [1.29, 1.82) is 5.26 Å². The van der Waals surface area contributed by atoms with E-state index in [4.69, 9.17) is 9.78 Å². The van der Waals surface area contributed by atoms with Crippen molar-refractivity contribution in [2.24, 2.45) is 0 Å². The van der Waals surface area contributed by atoms with E-state index in [0.717, 1.165) is 11.1 Å². The van der Waals surface area contributed by atoms with E-state index in [1.165, 1.54) is 6.20 Å². The smallest absolute Gasteiger partial charge is 0.216 e. The zero-order valence-corrected chi connectivity index (χ0v) is 9.53. The standard InChI is InChI=1S/C11H7N7O/c12-4-8(11-15-17-18-16-11)5-13-9-2-1-7-6-14-19-10(7)3-9/h1-3,5-6,13H,(H,15,16,17,18). The molecule has 92 valence electrons. The second kappa shape index (κ2) is 4.58. The normalized spacial score (nSPS) is 11.4. The minimum atomic E-state index is 0.232. The molecule has 0 unspecified atom stereocenters. The van der Waals surface area contributed by atoms with Crippen LogP contribution in [0.5, 0.6) is 0 Å². The third kappa shape index (κ3) is 2.12. The molecule has 19 heavy (non-hydrogen) atoms. The van der Waals surface area contributed by atoms with Gasteiger partial charge in [-0.2, -0.15) is 10.5 Å². The minimum absolute atomic E-state index is 0.232. The Kier molecular flexibility index (Phi) is 2.63. The second-order valence-electron chi connectivity index (χ2n) is 3.63. The van der Waals surface area contributed by atoms with Crippen molar-refractivity contribution in [1.82, 2.24) is 25.8 Å². The summed E-state index contributed by atoms with van der Waals surface area (Å²) in [5.74, 6) is 0.232. The van der Waals surface area contributed by atoms with E-state index >= 15 is 0 Å². The van der Waals surface area contributed by atoms with E-state index in [-0.39, 0.29) is 11.4 Å². The van der Waals surface area contributed by atoms with E-state index < -0.39 is 0 Å². The Morgan fingerprint density at radius 2 is 2.42 bits per heavy atom. The number of anilines is 1. The van der Waals surface area contributed by atoms with Gasteiger partial charge >= 0.3 is 0 Å². The van der Waals surface area contributed by atoms with Gasteiger partial charge < -0.3 is 9.84 Å². The molecule has 0 saturated carbocycles. The molecule has 0 aliphatic rings. The highest BCUT2D eigenvalue weighted by Gasteiger charge is 2.05. The summed E-state index contributed by atoms with van der Waals surface area (Å²) in [5, 5.41) is 29.7. The summed E-state index contributed by atoms with van der Waals surface area (Å²) in [7, 11) is 0. The molecule has 0 saturated heterocycles. The lowest BCUT2D eigenvalue weighted by Gasteiger charge is -2.00. The van der Waals surface area contributed by atoms with Gasteiger partial charge in [0.2, 0.25) is 5.82 Å². The van der Waals surface area contributed by atoms with Crippen LogP contribution in [0.4, 0.5) is 5.69 Å². The van der Waals surface area contributed by atoms with E-state index in [1.807, 2.05) is 18.2 Å². The van der Waals surface area contributed by atoms with Gasteiger partial charge in [-0.15, -0.1) is 10.2 Å². The van der Waals surface area contributed by atoms with Crippen molar-refractivity contribution in [2.45, 2.75) is 0 Å². The highest BCUT2D eigenvalue weighted by atomic mass is 16.5. The largest absolute Gasteiger partial charge is 0.360 e. The summed E-state index contributed by atoms with van der Waals surface area (Å²) in [5.41, 5.74) is 1.70. The van der Waals surface area contributed by atoms with Crippen LogP contribution in [-0.2, 0) is 0 Å². The molecule has 3 aromatic rings. The molecule has 2 heterocycles. The van der Waals surface area contributed by atoms with Crippen molar-refractivity contribution in [2.75, 3.05) is 5.32 Å². The van der Waals surface area contributed by atoms with Crippen LogP contribution in [0.15, 0.2) is 35.1 Å². The summed E-state index contributed by atoms with van der Waals surface area (Å²) in [6.45, 7) is 0. The predicted octanol–water partition coefficient (Wildman–Crippen LogP) is 1.32. The first kappa shape index (κ1) is 10.9. The maximum Gasteiger partial charge on any atom is 0.216 e. The van der Waals surface area contributed by atoms with Crippen LogP contribution < -0.4 is 5.32 Å². The molecule has 0 spiro atoms. The zero-order valence-electron chi connectivity index (χ0n) is 9.53. The Morgan fingerprint density at radius 1 is 1.47 bits per heavy atom. The first-order chi connectivity index (χ1) is 9.36. The molecule has 0 atom stereocenters. The molecule has 0 amide bonds. The van der Waals surface area contributed by atoms with Crippen LogP contribution in [-0.4, -0.2) is 25.8 Å². The van der Waals surface area contributed by atoms with Crippen molar-refractivity contribution in [3.63, 3.8) is 0 Å². The van der Waals surface area contributed by atoms with E-state index in [9.17, 15) is 0 Å². The lowest BCUT2D eigenvalue weighted by Crippen LogP contribution is -1.92. The average Bonchev–Trinajstić information content (AvgIpc) is 3.10. The number of H-pyrrole nitrogens is 1. The van der Waals surface area contributed by atoms with Gasteiger partial charge in [0, 0.05) is 23.3 Å². The number of benzene rings is 1. The quantitative estimate of drug-likeness (QED) is 0.676. The summed E-state index contributed by atoms with van der Waals surface area (Å²) in [6, 6.07) is 7.48. The molecular formula is C11H7N7O. The highest BCUT2D eigenvalue weighted by Crippen LogP contribution is 2.19. The number of rotatable bonds is 3. The first-order valence-corrected chi connectivity index (χ1v) is 5.32. The molecule has 0 aliphatic carbocycles. The minimum Gasteiger partial charge on any atom is -0.360 e. The number of hydrogen-bond acceptors (Lipinski definition) is 7. The highest BCUT2D eigenvalue weighted by molar-refractivity contribution is 5.81. The van der Waals surface area contributed by atoms with Crippen molar-refractivity contribution in [3.05, 3.63) is 36.4 Å². The molecule has 0 aliphatic heterocycles. The number of fused-ring (bicyclic) bond motifs is 1. The average molecular weight is 253 g/mol. The van der Waals surface area contributed by atoms with Crippen molar-refractivity contribution in [3.8, 4) is 6.07 Å². The maximum absolute atomic E-state index is 9.01. The van der Waals surface area contributed by atoms with Crippen LogP contribution in [0.1, 0.15) is 5.82 Å². The third-order valence-electron chi connectivity index (χ3n) is 2.45. The Bertz CT molecular complexity index is 766. The van der Waals surface area contributed by atoms with Crippen LogP contribution in [0, 0.1) is 11.3 Å². The maximum atomic E-state index is 9.01. The number of hydrogen-bond donors (Lipinski definition) is 2. The van der Waals surface area contributed by atoms with E-state index in [2.05, 4.69) is 31.1 Å². The number of nitrogens with one attached hydrogen (secondary N) is 2. The first-order valence-electron chi connectivity index (χ1n) is 5.32. The van der Waals surface area contributed by atoms with E-state index in [1.54, 1.807) is 12.3 Å². The van der Waals surface area contributed by atoms with Crippen LogP contribution >= 0.6 is 0 Å². The van der Waals surface area contributed by atoms with Crippen LogP contribution in [0.3, 0.4) is 0 Å². The van der Waals surface area contributed by atoms with Gasteiger partial charge in [0.15, 0.2) is 5.58 Å². The van der Waals surface area contributed by atoms with Gasteiger partial charge in [-0.05, 0) is 17.3 Å². The summed E-state index contributed by atoms with van der Waals surface area (Å²) < 4.78 is 5.05. The SMILES string of the molecule is N#CC(=CNc1ccc2cnoc2c1)c1nn[nH]n1.